The van der Waals surface area contributed by atoms with Gasteiger partial charge in [0.25, 0.3) is 0 Å². The molecule has 200 valence electrons. The number of likely N-dealkylation sites (tertiary alicyclic amines) is 1. The molecule has 1 atom stereocenters. The fraction of sp³-hybridized carbons (Fsp3) is 0.259. The third kappa shape index (κ3) is 5.69. The van der Waals surface area contributed by atoms with Gasteiger partial charge in [-0.25, -0.2) is 19.3 Å². The van der Waals surface area contributed by atoms with Gasteiger partial charge in [0.15, 0.2) is 11.6 Å². The number of rotatable bonds is 8. The predicted molar refractivity (Wildman–Crippen MR) is 144 cm³/mol. The van der Waals surface area contributed by atoms with Crippen molar-refractivity contribution in [2.24, 2.45) is 7.05 Å². The van der Waals surface area contributed by atoms with E-state index in [2.05, 4.69) is 31.9 Å². The van der Waals surface area contributed by atoms with Crippen molar-refractivity contribution < 1.29 is 13.9 Å². The van der Waals surface area contributed by atoms with Crippen LogP contribution in [-0.2, 0) is 11.8 Å². The standard InChI is InChI=1S/C27H28FN9O2/c1-5-24(38)37-11-9-20(16-37)36(4)25-21(14-30-26(34-25)33-19-13-31-35(3)15-19)18-6-7-23(22(28)12-18)39-27-29-10-8-17(2)32-27/h5-8,10,12-15,20H,1,9,11,16H2,2-4H3,(H,30,33,34)/t20-/m1/s1. The Balaban J connectivity index is 1.47. The molecule has 0 bridgehead atoms. The van der Waals surface area contributed by atoms with Gasteiger partial charge in [-0.3, -0.25) is 9.48 Å². The summed E-state index contributed by atoms with van der Waals surface area (Å²) in [5, 5.41) is 7.32. The fourth-order valence-electron chi connectivity index (χ4n) is 4.41. The van der Waals surface area contributed by atoms with E-state index in [-0.39, 0.29) is 23.7 Å². The van der Waals surface area contributed by atoms with Crippen LogP contribution in [0.4, 0.5) is 21.8 Å². The highest BCUT2D eigenvalue weighted by Crippen LogP contribution is 2.35. The highest BCUT2D eigenvalue weighted by atomic mass is 19.1. The van der Waals surface area contributed by atoms with Gasteiger partial charge in [0.05, 0.1) is 11.9 Å². The summed E-state index contributed by atoms with van der Waals surface area (Å²) >= 11 is 0. The minimum absolute atomic E-state index is 0.000264. The number of benzene rings is 1. The Bertz CT molecular complexity index is 1520. The highest BCUT2D eigenvalue weighted by Gasteiger charge is 2.30. The zero-order valence-corrected chi connectivity index (χ0v) is 21.9. The second kappa shape index (κ2) is 10.9. The van der Waals surface area contributed by atoms with Crippen molar-refractivity contribution in [3.8, 4) is 22.9 Å². The van der Waals surface area contributed by atoms with Crippen LogP contribution in [0, 0.1) is 12.7 Å². The highest BCUT2D eigenvalue weighted by molar-refractivity contribution is 5.87. The Labute approximate surface area is 225 Å². The Morgan fingerprint density at radius 1 is 1.26 bits per heavy atom. The average molecular weight is 530 g/mol. The Morgan fingerprint density at radius 2 is 2.10 bits per heavy atom. The minimum atomic E-state index is -0.576. The number of carbonyl (C=O) groups excluding carboxylic acids is 1. The van der Waals surface area contributed by atoms with E-state index < -0.39 is 5.82 Å². The lowest BCUT2D eigenvalue weighted by Gasteiger charge is -2.28. The van der Waals surface area contributed by atoms with Gasteiger partial charge < -0.3 is 19.9 Å². The number of hydrogen-bond acceptors (Lipinski definition) is 9. The van der Waals surface area contributed by atoms with Crippen LogP contribution in [0.15, 0.2) is 61.7 Å². The molecular weight excluding hydrogens is 501 g/mol. The third-order valence-corrected chi connectivity index (χ3v) is 6.48. The number of nitrogens with zero attached hydrogens (tertiary/aromatic N) is 8. The van der Waals surface area contributed by atoms with Gasteiger partial charge in [0, 0.05) is 63.1 Å². The van der Waals surface area contributed by atoms with Crippen molar-refractivity contribution in [1.82, 2.24) is 34.6 Å². The number of halogens is 1. The molecule has 1 amide bonds. The summed E-state index contributed by atoms with van der Waals surface area (Å²) in [5.74, 6) is 0.270. The van der Waals surface area contributed by atoms with E-state index in [9.17, 15) is 4.79 Å². The summed E-state index contributed by atoms with van der Waals surface area (Å²) in [6, 6.07) is 6.43. The molecule has 1 N–H and O–H groups in total. The van der Waals surface area contributed by atoms with E-state index in [0.29, 0.717) is 41.7 Å². The van der Waals surface area contributed by atoms with Crippen LogP contribution in [0.2, 0.25) is 0 Å². The van der Waals surface area contributed by atoms with Crippen LogP contribution in [-0.4, -0.2) is 66.7 Å². The number of aryl methyl sites for hydroxylation is 2. The van der Waals surface area contributed by atoms with Gasteiger partial charge in [0.1, 0.15) is 5.82 Å². The quantitative estimate of drug-likeness (QED) is 0.340. The number of nitrogens with one attached hydrogen (secondary N) is 1. The summed E-state index contributed by atoms with van der Waals surface area (Å²) < 4.78 is 22.4. The fourth-order valence-corrected chi connectivity index (χ4v) is 4.41. The van der Waals surface area contributed by atoms with Crippen molar-refractivity contribution >= 4 is 23.4 Å². The number of carbonyl (C=O) groups is 1. The van der Waals surface area contributed by atoms with Gasteiger partial charge >= 0.3 is 6.01 Å². The first kappa shape index (κ1) is 25.8. The van der Waals surface area contributed by atoms with E-state index in [1.807, 2.05) is 25.2 Å². The molecule has 4 heterocycles. The van der Waals surface area contributed by atoms with Gasteiger partial charge in [-0.2, -0.15) is 10.1 Å². The maximum absolute atomic E-state index is 15.2. The van der Waals surface area contributed by atoms with Crippen LogP contribution >= 0.6 is 0 Å². The minimum Gasteiger partial charge on any atom is -0.421 e. The lowest BCUT2D eigenvalue weighted by molar-refractivity contribution is -0.125. The monoisotopic (exact) mass is 529 g/mol. The summed E-state index contributed by atoms with van der Waals surface area (Å²) in [4.78, 5) is 33.4. The summed E-state index contributed by atoms with van der Waals surface area (Å²) in [5.41, 5.74) is 2.63. The molecular formula is C27H28FN9O2. The topological polar surface area (TPSA) is 114 Å². The molecule has 12 heteroatoms. The summed E-state index contributed by atoms with van der Waals surface area (Å²) in [7, 11) is 3.73. The molecule has 0 aliphatic carbocycles. The number of anilines is 3. The number of likely N-dealkylation sites (N-methyl/N-ethyl adjacent to an activating group) is 1. The number of amides is 1. The normalized spacial score (nSPS) is 14.8. The molecule has 0 saturated carbocycles. The molecule has 11 nitrogen and oxygen atoms in total. The van der Waals surface area contributed by atoms with Crippen molar-refractivity contribution in [3.05, 3.63) is 73.2 Å². The van der Waals surface area contributed by atoms with Crippen LogP contribution in [0.5, 0.6) is 11.8 Å². The maximum Gasteiger partial charge on any atom is 0.322 e. The molecule has 1 saturated heterocycles. The molecule has 1 aromatic carbocycles. The first-order valence-corrected chi connectivity index (χ1v) is 12.3. The van der Waals surface area contributed by atoms with E-state index in [1.54, 1.807) is 47.2 Å². The van der Waals surface area contributed by atoms with E-state index in [0.717, 1.165) is 12.1 Å². The van der Waals surface area contributed by atoms with Gasteiger partial charge in [0.2, 0.25) is 11.9 Å². The predicted octanol–water partition coefficient (Wildman–Crippen LogP) is 3.87. The molecule has 1 fully saturated rings. The molecule has 4 aromatic rings. The van der Waals surface area contributed by atoms with Gasteiger partial charge in [-0.05, 0) is 43.2 Å². The molecule has 1 aliphatic heterocycles. The second-order valence-corrected chi connectivity index (χ2v) is 9.23. The molecule has 0 radical (unpaired) electrons. The number of hydrogen-bond donors (Lipinski definition) is 1. The molecule has 5 rings (SSSR count). The van der Waals surface area contributed by atoms with E-state index >= 15 is 4.39 Å². The van der Waals surface area contributed by atoms with E-state index in [1.165, 1.54) is 18.2 Å². The summed E-state index contributed by atoms with van der Waals surface area (Å²) in [6.45, 7) is 6.53. The zero-order valence-electron chi connectivity index (χ0n) is 21.9. The van der Waals surface area contributed by atoms with Crippen molar-refractivity contribution in [1.29, 1.82) is 0 Å². The first-order valence-electron chi connectivity index (χ1n) is 12.3. The third-order valence-electron chi connectivity index (χ3n) is 6.48. The second-order valence-electron chi connectivity index (χ2n) is 9.23. The van der Waals surface area contributed by atoms with Crippen molar-refractivity contribution in [3.63, 3.8) is 0 Å². The van der Waals surface area contributed by atoms with Gasteiger partial charge in [-0.15, -0.1) is 0 Å². The number of aromatic nitrogens is 6. The van der Waals surface area contributed by atoms with Crippen LogP contribution in [0.1, 0.15) is 12.1 Å². The Kier molecular flexibility index (Phi) is 7.17. The molecule has 0 unspecified atom stereocenters. The maximum atomic E-state index is 15.2. The van der Waals surface area contributed by atoms with Crippen LogP contribution in [0.25, 0.3) is 11.1 Å². The first-order chi connectivity index (χ1) is 18.8. The Morgan fingerprint density at radius 3 is 2.82 bits per heavy atom. The average Bonchev–Trinajstić information content (AvgIpc) is 3.58. The van der Waals surface area contributed by atoms with Crippen LogP contribution in [0.3, 0.4) is 0 Å². The number of ether oxygens (including phenoxy) is 1. The molecule has 1 aliphatic rings. The summed E-state index contributed by atoms with van der Waals surface area (Å²) in [6.07, 6.45) is 8.76. The zero-order chi connectivity index (χ0) is 27.5. The molecule has 39 heavy (non-hydrogen) atoms. The van der Waals surface area contributed by atoms with Crippen LogP contribution < -0.4 is 15.0 Å². The van der Waals surface area contributed by atoms with E-state index in [4.69, 9.17) is 9.72 Å². The van der Waals surface area contributed by atoms with Crippen molar-refractivity contribution in [2.75, 3.05) is 30.4 Å². The Hall–Kier alpha value is -4.87. The lowest BCUT2D eigenvalue weighted by atomic mass is 10.1. The molecule has 3 aromatic heterocycles. The lowest BCUT2D eigenvalue weighted by Crippen LogP contribution is -2.36. The largest absolute Gasteiger partial charge is 0.421 e. The van der Waals surface area contributed by atoms with Crippen molar-refractivity contribution in [2.45, 2.75) is 19.4 Å². The smallest absolute Gasteiger partial charge is 0.322 e. The molecule has 0 spiro atoms. The van der Waals surface area contributed by atoms with Gasteiger partial charge in [-0.1, -0.05) is 12.6 Å². The SMILES string of the molecule is C=CC(=O)N1CC[C@@H](N(C)c2nc(Nc3cnn(C)c3)ncc2-c2ccc(Oc3nccc(C)n3)c(F)c2)C1.